The Hall–Kier alpha value is -2.81. The topological polar surface area (TPSA) is 58.6 Å². The number of amides is 2. The van der Waals surface area contributed by atoms with Gasteiger partial charge in [0.2, 0.25) is 11.8 Å². The molecular weight excluding hydrogens is 441 g/mol. The summed E-state index contributed by atoms with van der Waals surface area (Å²) < 4.78 is 43.1. The fourth-order valence-electron chi connectivity index (χ4n) is 2.20. The Morgan fingerprint density at radius 2 is 2.00 bits per heavy atom. The minimum absolute atomic E-state index is 0.0891. The summed E-state index contributed by atoms with van der Waals surface area (Å²) >= 11 is 3.22. The summed E-state index contributed by atoms with van der Waals surface area (Å²) in [5, 5.41) is 2.47. The minimum Gasteiger partial charge on any atom is -0.434 e. The summed E-state index contributed by atoms with van der Waals surface area (Å²) in [6.45, 7) is -3.28. The van der Waals surface area contributed by atoms with Gasteiger partial charge in [-0.05, 0) is 42.5 Å². The van der Waals surface area contributed by atoms with Crippen molar-refractivity contribution in [1.29, 1.82) is 0 Å². The maximum Gasteiger partial charge on any atom is 0.387 e. The molecule has 2 amide bonds. The number of anilines is 1. The van der Waals surface area contributed by atoms with E-state index in [2.05, 4.69) is 26.0 Å². The van der Waals surface area contributed by atoms with E-state index in [1.807, 2.05) is 0 Å². The quantitative estimate of drug-likeness (QED) is 0.631. The molecule has 148 valence electrons. The van der Waals surface area contributed by atoms with Gasteiger partial charge in [0.15, 0.2) is 0 Å². The zero-order valence-electron chi connectivity index (χ0n) is 14.7. The van der Waals surface area contributed by atoms with Crippen LogP contribution in [-0.4, -0.2) is 36.9 Å². The molecule has 1 N–H and O–H groups in total. The minimum atomic E-state index is -3.00. The maximum absolute atomic E-state index is 13.1. The number of rotatable bonds is 7. The second-order valence-electron chi connectivity index (χ2n) is 5.65. The van der Waals surface area contributed by atoms with Crippen molar-refractivity contribution in [2.75, 3.05) is 18.9 Å². The summed E-state index contributed by atoms with van der Waals surface area (Å²) in [7, 11) is 1.40. The van der Waals surface area contributed by atoms with Crippen LogP contribution in [-0.2, 0) is 9.59 Å². The molecule has 0 radical (unpaired) electrons. The van der Waals surface area contributed by atoms with Crippen LogP contribution in [0.25, 0.3) is 6.08 Å². The van der Waals surface area contributed by atoms with Gasteiger partial charge in [0.05, 0.1) is 6.54 Å². The van der Waals surface area contributed by atoms with Gasteiger partial charge in [-0.25, -0.2) is 4.39 Å². The first-order chi connectivity index (χ1) is 13.2. The number of nitrogens with zero attached hydrogens (tertiary/aromatic N) is 1. The van der Waals surface area contributed by atoms with Crippen LogP contribution in [0.15, 0.2) is 53.0 Å². The summed E-state index contributed by atoms with van der Waals surface area (Å²) in [4.78, 5) is 25.3. The van der Waals surface area contributed by atoms with Crippen LogP contribution < -0.4 is 10.1 Å². The molecule has 0 fully saturated rings. The molecule has 0 aliphatic heterocycles. The number of carbonyl (C=O) groups is 2. The van der Waals surface area contributed by atoms with Crippen molar-refractivity contribution < 1.29 is 27.5 Å². The molecule has 2 rings (SSSR count). The average molecular weight is 457 g/mol. The molecule has 0 aliphatic carbocycles. The van der Waals surface area contributed by atoms with Crippen LogP contribution >= 0.6 is 15.9 Å². The number of ether oxygens (including phenoxy) is 1. The van der Waals surface area contributed by atoms with Gasteiger partial charge in [0, 0.05) is 28.8 Å². The highest BCUT2D eigenvalue weighted by Gasteiger charge is 2.12. The number of hydrogen-bond acceptors (Lipinski definition) is 3. The second kappa shape index (κ2) is 9.93. The molecule has 0 aromatic heterocycles. The molecule has 0 unspecified atom stereocenters. The van der Waals surface area contributed by atoms with Gasteiger partial charge in [-0.3, -0.25) is 9.59 Å². The number of benzene rings is 2. The van der Waals surface area contributed by atoms with Crippen LogP contribution in [0.2, 0.25) is 0 Å². The number of hydrogen-bond donors (Lipinski definition) is 1. The maximum atomic E-state index is 13.1. The fraction of sp³-hybridized carbons (Fsp3) is 0.158. The molecule has 0 aliphatic rings. The lowest BCUT2D eigenvalue weighted by molar-refractivity contribution is -0.129. The number of nitrogens with one attached hydrogen (secondary N) is 1. The number of alkyl halides is 2. The third-order valence-corrected chi connectivity index (χ3v) is 3.95. The van der Waals surface area contributed by atoms with Gasteiger partial charge in [0.1, 0.15) is 11.6 Å². The molecule has 5 nitrogen and oxygen atoms in total. The van der Waals surface area contributed by atoms with Crippen molar-refractivity contribution in [3.8, 4) is 5.75 Å². The fourth-order valence-corrected chi connectivity index (χ4v) is 2.58. The Balaban J connectivity index is 2.00. The molecule has 0 saturated carbocycles. The third-order valence-electron chi connectivity index (χ3n) is 3.46. The first-order valence-corrected chi connectivity index (χ1v) is 8.77. The van der Waals surface area contributed by atoms with Gasteiger partial charge in [-0.2, -0.15) is 8.78 Å². The predicted octanol–water partition coefficient (Wildman–Crippen LogP) is 4.30. The Kier molecular flexibility index (Phi) is 7.62. The lowest BCUT2D eigenvalue weighted by Crippen LogP contribution is -2.33. The highest BCUT2D eigenvalue weighted by molar-refractivity contribution is 9.10. The van der Waals surface area contributed by atoms with Gasteiger partial charge in [0.25, 0.3) is 0 Å². The smallest absolute Gasteiger partial charge is 0.387 e. The summed E-state index contributed by atoms with van der Waals surface area (Å²) in [5.41, 5.74) is 0.532. The number of likely N-dealkylation sites (N-methyl/N-ethyl adjacent to an activating group) is 1. The van der Waals surface area contributed by atoms with E-state index in [-0.39, 0.29) is 23.5 Å². The van der Waals surface area contributed by atoms with Crippen LogP contribution in [0.3, 0.4) is 0 Å². The lowest BCUT2D eigenvalue weighted by atomic mass is 10.2. The highest BCUT2D eigenvalue weighted by Crippen LogP contribution is 2.26. The molecule has 0 spiro atoms. The third kappa shape index (κ3) is 6.73. The van der Waals surface area contributed by atoms with Gasteiger partial charge >= 0.3 is 6.61 Å². The summed E-state index contributed by atoms with van der Waals surface area (Å²) in [6.07, 6.45) is 2.45. The zero-order chi connectivity index (χ0) is 20.7. The highest BCUT2D eigenvalue weighted by atomic mass is 79.9. The monoisotopic (exact) mass is 456 g/mol. The van der Waals surface area contributed by atoms with Crippen molar-refractivity contribution in [2.24, 2.45) is 0 Å². The molecule has 2 aromatic carbocycles. The van der Waals surface area contributed by atoms with Crippen molar-refractivity contribution in [2.45, 2.75) is 6.61 Å². The van der Waals surface area contributed by atoms with E-state index < -0.39 is 24.2 Å². The van der Waals surface area contributed by atoms with Gasteiger partial charge in [-0.15, -0.1) is 0 Å². The van der Waals surface area contributed by atoms with E-state index in [4.69, 9.17) is 0 Å². The van der Waals surface area contributed by atoms with Crippen LogP contribution in [0.4, 0.5) is 18.9 Å². The number of carbonyl (C=O) groups excluding carboxylic acids is 2. The first-order valence-electron chi connectivity index (χ1n) is 7.97. The Bertz CT molecular complexity index is 890. The lowest BCUT2D eigenvalue weighted by Gasteiger charge is -2.15. The molecule has 2 aromatic rings. The van der Waals surface area contributed by atoms with E-state index in [0.29, 0.717) is 4.47 Å². The summed E-state index contributed by atoms with van der Waals surface area (Å²) in [6, 6.07) is 9.73. The molecule has 9 heteroatoms. The molecule has 0 saturated heterocycles. The van der Waals surface area contributed by atoms with E-state index in [1.54, 1.807) is 0 Å². The van der Waals surface area contributed by atoms with Crippen molar-refractivity contribution in [3.63, 3.8) is 0 Å². The second-order valence-corrected chi connectivity index (χ2v) is 6.56. The summed E-state index contributed by atoms with van der Waals surface area (Å²) in [5.74, 6) is -1.63. The Morgan fingerprint density at radius 1 is 1.25 bits per heavy atom. The SMILES string of the molecule is CN(CC(=O)Nc1cccc(F)c1)C(=O)/C=C/c1cc(Br)ccc1OC(F)F. The predicted molar refractivity (Wildman–Crippen MR) is 102 cm³/mol. The van der Waals surface area contributed by atoms with Crippen LogP contribution in [0.1, 0.15) is 5.56 Å². The average Bonchev–Trinajstić information content (AvgIpc) is 2.61. The van der Waals surface area contributed by atoms with Gasteiger partial charge in [-0.1, -0.05) is 22.0 Å². The van der Waals surface area contributed by atoms with E-state index in [1.165, 1.54) is 49.5 Å². The van der Waals surface area contributed by atoms with Crippen molar-refractivity contribution in [1.82, 2.24) is 4.90 Å². The Morgan fingerprint density at radius 3 is 2.68 bits per heavy atom. The molecule has 28 heavy (non-hydrogen) atoms. The van der Waals surface area contributed by atoms with Gasteiger partial charge < -0.3 is 15.0 Å². The Labute approximate surface area is 167 Å². The van der Waals surface area contributed by atoms with Crippen LogP contribution in [0, 0.1) is 5.82 Å². The first kappa shape index (κ1) is 21.5. The molecular formula is C19H16BrF3N2O3. The standard InChI is InChI=1S/C19H16BrF3N2O3/c1-25(11-17(26)24-15-4-2-3-14(21)10-15)18(27)8-5-12-9-13(20)6-7-16(12)28-19(22)23/h2-10,19H,11H2,1H3,(H,24,26)/b8-5+. The van der Waals surface area contributed by atoms with Crippen molar-refractivity contribution in [3.05, 3.63) is 64.4 Å². The zero-order valence-corrected chi connectivity index (χ0v) is 16.3. The van der Waals surface area contributed by atoms with E-state index in [9.17, 15) is 22.8 Å². The normalized spacial score (nSPS) is 10.9. The molecule has 0 bridgehead atoms. The van der Waals surface area contributed by atoms with Crippen LogP contribution in [0.5, 0.6) is 5.75 Å². The molecule has 0 heterocycles. The van der Waals surface area contributed by atoms with Crippen molar-refractivity contribution >= 4 is 39.5 Å². The number of halogens is 4. The van der Waals surface area contributed by atoms with E-state index in [0.717, 1.165) is 17.0 Å². The molecule has 0 atom stereocenters. The van der Waals surface area contributed by atoms with E-state index >= 15 is 0 Å². The largest absolute Gasteiger partial charge is 0.434 e.